The van der Waals surface area contributed by atoms with Crippen LogP contribution in [-0.2, 0) is 10.1 Å². The van der Waals surface area contributed by atoms with Crippen LogP contribution in [0.3, 0.4) is 0 Å². The molecule has 0 amide bonds. The third-order valence-corrected chi connectivity index (χ3v) is 15.6. The summed E-state index contributed by atoms with van der Waals surface area (Å²) in [5.41, 5.74) is 20.2. The summed E-state index contributed by atoms with van der Waals surface area (Å²) in [6, 6.07) is 80.4. The molecule has 1 saturated heterocycles. The van der Waals surface area contributed by atoms with Gasteiger partial charge in [-0.05, 0) is 159 Å². The van der Waals surface area contributed by atoms with Gasteiger partial charge in [-0.3, -0.25) is 4.57 Å². The Morgan fingerprint density at radius 1 is 0.456 bits per heavy atom. The molecule has 3 heterocycles. The normalized spacial score (nSPS) is 15.8. The standard InChI is InChI=1S/C63H50BN3O/c1-61(2)41-64(68-62(61,3)4)47-33-35-58-55(40-47)63(52-28-16-14-26-50(52)51-27-15-17-29-53(51)63)54-39-43(32-34-57(54)66(58)48-22-10-6-11-23-48)45-36-44(42-20-8-5-9-21-42)37-46(38-45)60-65-56-30-18-19-31-59(56)67(60)49-24-12-7-13-25-49/h5-40H,41H2,1-4H3. The molecule has 3 aliphatic rings. The number of benzene rings is 9. The summed E-state index contributed by atoms with van der Waals surface area (Å²) < 4.78 is 9.33. The fourth-order valence-electron chi connectivity index (χ4n) is 11.6. The smallest absolute Gasteiger partial charge is 0.327 e. The number of para-hydroxylation sites is 4. The van der Waals surface area contributed by atoms with Gasteiger partial charge in [0.2, 0.25) is 0 Å². The molecular weight excluding hydrogens is 826 g/mol. The zero-order chi connectivity index (χ0) is 45.8. The molecule has 9 aromatic carbocycles. The van der Waals surface area contributed by atoms with Crippen molar-refractivity contribution >= 4 is 40.5 Å². The van der Waals surface area contributed by atoms with E-state index in [0.717, 1.165) is 68.1 Å². The zero-order valence-electron chi connectivity index (χ0n) is 38.8. The molecule has 1 spiro atoms. The van der Waals surface area contributed by atoms with Gasteiger partial charge >= 0.3 is 6.92 Å². The third kappa shape index (κ3) is 6.01. The first-order valence-electron chi connectivity index (χ1n) is 24.0. The quantitative estimate of drug-likeness (QED) is 0.156. The van der Waals surface area contributed by atoms with Crippen LogP contribution in [0.15, 0.2) is 218 Å². The summed E-state index contributed by atoms with van der Waals surface area (Å²) in [6.07, 6.45) is 0.945. The van der Waals surface area contributed by atoms with Gasteiger partial charge in [-0.1, -0.05) is 159 Å². The van der Waals surface area contributed by atoms with Crippen LogP contribution in [0.1, 0.15) is 49.9 Å². The summed E-state index contributed by atoms with van der Waals surface area (Å²) >= 11 is 0. The van der Waals surface area contributed by atoms with Crippen molar-refractivity contribution in [2.45, 2.75) is 45.0 Å². The molecule has 0 saturated carbocycles. The molecule has 326 valence electrons. The van der Waals surface area contributed by atoms with Gasteiger partial charge in [0.25, 0.3) is 0 Å². The Bertz CT molecular complexity index is 3530. The molecule has 4 nitrogen and oxygen atoms in total. The van der Waals surface area contributed by atoms with Crippen molar-refractivity contribution in [3.8, 4) is 50.5 Å². The van der Waals surface area contributed by atoms with Crippen LogP contribution < -0.4 is 10.4 Å². The Kier molecular flexibility index (Phi) is 9.03. The van der Waals surface area contributed by atoms with Gasteiger partial charge in [0.05, 0.1) is 33.4 Å². The lowest BCUT2D eigenvalue weighted by Gasteiger charge is -2.45. The van der Waals surface area contributed by atoms with E-state index in [2.05, 4.69) is 256 Å². The third-order valence-electron chi connectivity index (χ3n) is 15.6. The van der Waals surface area contributed by atoms with Crippen molar-refractivity contribution < 1.29 is 4.65 Å². The maximum absolute atomic E-state index is 7.02. The Morgan fingerprint density at radius 2 is 1.00 bits per heavy atom. The number of hydrogen-bond acceptors (Lipinski definition) is 3. The highest BCUT2D eigenvalue weighted by Gasteiger charge is 2.54. The van der Waals surface area contributed by atoms with E-state index in [1.54, 1.807) is 0 Å². The Morgan fingerprint density at radius 3 is 1.66 bits per heavy atom. The van der Waals surface area contributed by atoms with Crippen LogP contribution >= 0.6 is 0 Å². The maximum Gasteiger partial charge on any atom is 0.327 e. The first-order valence-corrected chi connectivity index (χ1v) is 24.0. The molecule has 5 heteroatoms. The second kappa shape index (κ2) is 15.1. The predicted molar refractivity (Wildman–Crippen MR) is 282 cm³/mol. The van der Waals surface area contributed by atoms with Crippen LogP contribution in [0, 0.1) is 5.41 Å². The minimum atomic E-state index is -0.639. The average Bonchev–Trinajstić information content (AvgIpc) is 3.99. The van der Waals surface area contributed by atoms with E-state index in [0.29, 0.717) is 0 Å². The van der Waals surface area contributed by atoms with Crippen LogP contribution in [0.4, 0.5) is 17.1 Å². The lowest BCUT2D eigenvalue weighted by atomic mass is 9.53. The molecule has 0 N–H and O–H groups in total. The highest BCUT2D eigenvalue weighted by molar-refractivity contribution is 6.68. The van der Waals surface area contributed by atoms with E-state index >= 15 is 0 Å². The predicted octanol–water partition coefficient (Wildman–Crippen LogP) is 15.2. The zero-order valence-corrected chi connectivity index (χ0v) is 38.8. The van der Waals surface area contributed by atoms with Gasteiger partial charge in [0.1, 0.15) is 5.82 Å². The second-order valence-electron chi connectivity index (χ2n) is 20.0. The van der Waals surface area contributed by atoms with Crippen molar-refractivity contribution in [2.75, 3.05) is 4.90 Å². The minimum Gasteiger partial charge on any atom is -0.426 e. The van der Waals surface area contributed by atoms with Gasteiger partial charge in [-0.15, -0.1) is 0 Å². The number of imidazole rings is 1. The molecule has 1 aliphatic carbocycles. The second-order valence-corrected chi connectivity index (χ2v) is 20.0. The van der Waals surface area contributed by atoms with Crippen LogP contribution in [-0.4, -0.2) is 22.1 Å². The molecular formula is C63H50BN3O. The highest BCUT2D eigenvalue weighted by Crippen LogP contribution is 2.64. The van der Waals surface area contributed by atoms with Crippen molar-refractivity contribution in [2.24, 2.45) is 5.41 Å². The topological polar surface area (TPSA) is 30.3 Å². The molecule has 0 bridgehead atoms. The molecule has 0 atom stereocenters. The van der Waals surface area contributed by atoms with Crippen molar-refractivity contribution in [1.82, 2.24) is 9.55 Å². The molecule has 1 fully saturated rings. The van der Waals surface area contributed by atoms with Crippen molar-refractivity contribution in [1.29, 1.82) is 0 Å². The number of hydrogen-bond donors (Lipinski definition) is 0. The molecule has 0 unspecified atom stereocenters. The van der Waals surface area contributed by atoms with Crippen LogP contribution in [0.5, 0.6) is 0 Å². The van der Waals surface area contributed by atoms with Gasteiger partial charge in [0.15, 0.2) is 0 Å². The number of anilines is 3. The molecule has 0 radical (unpaired) electrons. The largest absolute Gasteiger partial charge is 0.426 e. The Labute approximate surface area is 399 Å². The molecule has 68 heavy (non-hydrogen) atoms. The molecule has 10 aromatic rings. The lowest BCUT2D eigenvalue weighted by Crippen LogP contribution is -2.40. The number of nitrogens with zero attached hydrogens (tertiary/aromatic N) is 3. The van der Waals surface area contributed by atoms with Gasteiger partial charge in [-0.2, -0.15) is 0 Å². The van der Waals surface area contributed by atoms with Gasteiger partial charge < -0.3 is 9.55 Å². The molecule has 13 rings (SSSR count). The average molecular weight is 876 g/mol. The SMILES string of the molecule is CC1(C)CB(c2ccc3c(c2)C2(c4ccccc4-c4ccccc42)c2cc(-c4cc(-c5ccccc5)cc(-c5nc6ccccc6n5-c5ccccc5)c4)ccc2N3c2ccccc2)OC1(C)C. The van der Waals surface area contributed by atoms with E-state index in [4.69, 9.17) is 9.64 Å². The van der Waals surface area contributed by atoms with Crippen LogP contribution in [0.2, 0.25) is 6.32 Å². The summed E-state index contributed by atoms with van der Waals surface area (Å²) in [6.45, 7) is 9.16. The molecule has 2 aliphatic heterocycles. The first-order chi connectivity index (χ1) is 33.2. The first kappa shape index (κ1) is 40.5. The summed E-state index contributed by atoms with van der Waals surface area (Å²) in [7, 11) is 0. The van der Waals surface area contributed by atoms with E-state index in [1.165, 1.54) is 44.5 Å². The Balaban J connectivity index is 1.10. The van der Waals surface area contributed by atoms with Crippen LogP contribution in [0.25, 0.3) is 61.5 Å². The van der Waals surface area contributed by atoms with Gasteiger partial charge in [-0.25, -0.2) is 4.98 Å². The lowest BCUT2D eigenvalue weighted by molar-refractivity contribution is 0.0375. The summed E-state index contributed by atoms with van der Waals surface area (Å²) in [4.78, 5) is 7.87. The number of aromatic nitrogens is 2. The van der Waals surface area contributed by atoms with E-state index in [-0.39, 0.29) is 17.9 Å². The maximum atomic E-state index is 7.02. The van der Waals surface area contributed by atoms with Crippen molar-refractivity contribution in [3.63, 3.8) is 0 Å². The summed E-state index contributed by atoms with van der Waals surface area (Å²) in [5.74, 6) is 0.904. The highest BCUT2D eigenvalue weighted by atomic mass is 16.5. The van der Waals surface area contributed by atoms with E-state index in [9.17, 15) is 0 Å². The monoisotopic (exact) mass is 875 g/mol. The van der Waals surface area contributed by atoms with E-state index in [1.807, 2.05) is 0 Å². The Hall–Kier alpha value is -7.73. The fourth-order valence-corrected chi connectivity index (χ4v) is 11.6. The minimum absolute atomic E-state index is 0.00745. The fraction of sp³-hybridized carbons (Fsp3) is 0.127. The summed E-state index contributed by atoms with van der Waals surface area (Å²) in [5, 5.41) is 0. The van der Waals surface area contributed by atoms with Crippen molar-refractivity contribution in [3.05, 3.63) is 241 Å². The number of rotatable bonds is 6. The van der Waals surface area contributed by atoms with E-state index < -0.39 is 5.41 Å². The number of fused-ring (bicyclic) bond motifs is 10. The molecule has 1 aromatic heterocycles. The van der Waals surface area contributed by atoms with Gasteiger partial charge in [0, 0.05) is 16.9 Å².